The summed E-state index contributed by atoms with van der Waals surface area (Å²) in [5.74, 6) is 0.196. The summed E-state index contributed by atoms with van der Waals surface area (Å²) in [4.78, 5) is 13.1. The number of imidazole rings is 1. The maximum absolute atomic E-state index is 6.40. The molecule has 32 heavy (non-hydrogen) atoms. The van der Waals surface area contributed by atoms with Crippen LogP contribution in [-0.4, -0.2) is 71.4 Å². The highest BCUT2D eigenvalue weighted by Crippen LogP contribution is 2.37. The van der Waals surface area contributed by atoms with E-state index in [1.807, 2.05) is 34.9 Å². The van der Waals surface area contributed by atoms with E-state index in [1.54, 1.807) is 13.4 Å². The van der Waals surface area contributed by atoms with Gasteiger partial charge in [-0.25, -0.2) is 9.97 Å². The molecule has 5 rings (SSSR count). The van der Waals surface area contributed by atoms with E-state index in [-0.39, 0.29) is 30.3 Å². The van der Waals surface area contributed by atoms with E-state index >= 15 is 0 Å². The molecule has 3 aromatic rings. The Bertz CT molecular complexity index is 1070. The minimum atomic E-state index is -0.494. The Morgan fingerprint density at radius 1 is 1.16 bits per heavy atom. The normalized spacial score (nSPS) is 28.0. The molecule has 0 spiro atoms. The van der Waals surface area contributed by atoms with Gasteiger partial charge in [0.2, 0.25) is 5.95 Å². The molecular formula is C21H24IN5O5. The van der Waals surface area contributed by atoms with Crippen LogP contribution in [0.3, 0.4) is 0 Å². The summed E-state index contributed by atoms with van der Waals surface area (Å²) in [6.07, 6.45) is 0.321. The topological polar surface area (TPSA) is 116 Å². The molecule has 2 N–H and O–H groups in total. The summed E-state index contributed by atoms with van der Waals surface area (Å²) in [5, 5.41) is 0. The van der Waals surface area contributed by atoms with Gasteiger partial charge in [0.05, 0.1) is 38.8 Å². The molecule has 0 aliphatic carbocycles. The number of ether oxygens (including phenoxy) is 5. The minimum absolute atomic E-state index is 0.196. The summed E-state index contributed by atoms with van der Waals surface area (Å²) in [5.41, 5.74) is 8.19. The third-order valence-corrected chi connectivity index (χ3v) is 6.42. The van der Waals surface area contributed by atoms with Crippen LogP contribution in [0.5, 0.6) is 0 Å². The number of nitrogen functional groups attached to an aromatic ring is 1. The van der Waals surface area contributed by atoms with Crippen molar-refractivity contribution in [3.63, 3.8) is 0 Å². The van der Waals surface area contributed by atoms with Gasteiger partial charge in [-0.2, -0.15) is 4.98 Å². The first-order valence-electron chi connectivity index (χ1n) is 10.4. The van der Waals surface area contributed by atoms with E-state index in [0.717, 1.165) is 5.56 Å². The van der Waals surface area contributed by atoms with Crippen molar-refractivity contribution in [3.8, 4) is 0 Å². The maximum Gasteiger partial charge on any atom is 0.223 e. The van der Waals surface area contributed by atoms with Crippen molar-refractivity contribution in [2.75, 3.05) is 39.3 Å². The minimum Gasteiger partial charge on any atom is -0.382 e. The Morgan fingerprint density at radius 2 is 2.00 bits per heavy atom. The van der Waals surface area contributed by atoms with Gasteiger partial charge in [0, 0.05) is 12.7 Å². The number of nitrogens with zero attached hydrogens (tertiary/aromatic N) is 4. The molecule has 10 nitrogen and oxygen atoms in total. The van der Waals surface area contributed by atoms with Gasteiger partial charge in [-0.3, -0.25) is 0 Å². The van der Waals surface area contributed by atoms with Gasteiger partial charge < -0.3 is 34.0 Å². The molecule has 170 valence electrons. The molecule has 0 amide bonds. The summed E-state index contributed by atoms with van der Waals surface area (Å²) >= 11 is 2.11. The standard InChI is InChI=1S/C21H24IN5O5/c1-28-7-8-29-16-13(27-11-24-15-18(22)25-21(23)26-19(15)27)9-30-14-10-31-20(32-17(14)16)12-5-3-2-4-6-12/h2-6,11,13-14,16-17,20H,7-10H2,1H3,(H2,23,25,26)/t13-,14-,16+,17-,20?/m1/s1. The summed E-state index contributed by atoms with van der Waals surface area (Å²) in [6, 6.07) is 9.63. The Labute approximate surface area is 198 Å². The van der Waals surface area contributed by atoms with E-state index < -0.39 is 6.29 Å². The number of benzene rings is 1. The molecule has 2 saturated heterocycles. The van der Waals surface area contributed by atoms with Gasteiger partial charge in [0.1, 0.15) is 27.5 Å². The van der Waals surface area contributed by atoms with Crippen molar-refractivity contribution in [1.29, 1.82) is 0 Å². The number of nitrogens with two attached hydrogens (primary N) is 1. The van der Waals surface area contributed by atoms with Gasteiger partial charge in [0.25, 0.3) is 0 Å². The monoisotopic (exact) mass is 553 g/mol. The summed E-state index contributed by atoms with van der Waals surface area (Å²) in [6.45, 7) is 1.70. The summed E-state index contributed by atoms with van der Waals surface area (Å²) < 4.78 is 32.7. The molecule has 2 aromatic heterocycles. The molecule has 2 aliphatic heterocycles. The Hall–Kier alpha value is -1.90. The largest absolute Gasteiger partial charge is 0.382 e. The van der Waals surface area contributed by atoms with Crippen LogP contribution in [0.25, 0.3) is 11.2 Å². The average molecular weight is 553 g/mol. The Balaban J connectivity index is 1.48. The SMILES string of the molecule is COCCO[C@@H]1[C@@H]2OC(c3ccccc3)OC[C@H]2OC[C@H]1n1cnc2c(I)nc(N)nc21. The summed E-state index contributed by atoms with van der Waals surface area (Å²) in [7, 11) is 1.65. The predicted molar refractivity (Wildman–Crippen MR) is 123 cm³/mol. The highest BCUT2D eigenvalue weighted by atomic mass is 127. The fourth-order valence-electron chi connectivity index (χ4n) is 4.15. The fraction of sp³-hybridized carbons (Fsp3) is 0.476. The van der Waals surface area contributed by atoms with Gasteiger partial charge in [0.15, 0.2) is 11.9 Å². The number of aromatic nitrogens is 4. The number of halogens is 1. The average Bonchev–Trinajstić information content (AvgIpc) is 3.23. The smallest absolute Gasteiger partial charge is 0.223 e. The molecule has 2 fully saturated rings. The molecule has 11 heteroatoms. The Kier molecular flexibility index (Phi) is 6.53. The highest BCUT2D eigenvalue weighted by Gasteiger charge is 2.47. The predicted octanol–water partition coefficient (Wildman–Crippen LogP) is 2.10. The van der Waals surface area contributed by atoms with Gasteiger partial charge >= 0.3 is 0 Å². The maximum atomic E-state index is 6.40. The number of hydrogen-bond acceptors (Lipinski definition) is 9. The zero-order valence-corrected chi connectivity index (χ0v) is 19.6. The van der Waals surface area contributed by atoms with Crippen molar-refractivity contribution in [2.45, 2.75) is 30.6 Å². The zero-order valence-electron chi connectivity index (χ0n) is 17.5. The van der Waals surface area contributed by atoms with Crippen LogP contribution >= 0.6 is 22.6 Å². The number of rotatable bonds is 6. The molecule has 2 aliphatic rings. The van der Waals surface area contributed by atoms with Crippen LogP contribution in [0.2, 0.25) is 0 Å². The van der Waals surface area contributed by atoms with E-state index in [1.165, 1.54) is 0 Å². The van der Waals surface area contributed by atoms with Crippen LogP contribution < -0.4 is 5.73 Å². The molecule has 1 unspecified atom stereocenters. The molecule has 0 saturated carbocycles. The Morgan fingerprint density at radius 3 is 2.81 bits per heavy atom. The zero-order chi connectivity index (χ0) is 22.1. The quantitative estimate of drug-likeness (QED) is 0.278. The van der Waals surface area contributed by atoms with Crippen molar-refractivity contribution in [3.05, 3.63) is 45.9 Å². The van der Waals surface area contributed by atoms with Crippen LogP contribution in [-0.2, 0) is 23.7 Å². The second-order valence-electron chi connectivity index (χ2n) is 7.64. The lowest BCUT2D eigenvalue weighted by molar-refractivity contribution is -0.312. The second-order valence-corrected chi connectivity index (χ2v) is 8.66. The second kappa shape index (κ2) is 9.53. The first kappa shape index (κ1) is 21.9. The van der Waals surface area contributed by atoms with Crippen molar-refractivity contribution in [2.24, 2.45) is 0 Å². The van der Waals surface area contributed by atoms with Crippen LogP contribution in [0.15, 0.2) is 36.7 Å². The number of hydrogen-bond donors (Lipinski definition) is 1. The lowest BCUT2D eigenvalue weighted by atomic mass is 9.96. The van der Waals surface area contributed by atoms with Crippen LogP contribution in [0, 0.1) is 3.70 Å². The molecule has 4 heterocycles. The van der Waals surface area contributed by atoms with E-state index in [9.17, 15) is 0 Å². The first-order valence-corrected chi connectivity index (χ1v) is 11.4. The van der Waals surface area contributed by atoms with Gasteiger partial charge in [-0.05, 0) is 22.6 Å². The molecule has 1 aromatic carbocycles. The highest BCUT2D eigenvalue weighted by molar-refractivity contribution is 14.1. The van der Waals surface area contributed by atoms with E-state index in [4.69, 9.17) is 29.4 Å². The van der Waals surface area contributed by atoms with Crippen LogP contribution in [0.4, 0.5) is 5.95 Å². The van der Waals surface area contributed by atoms with Crippen molar-refractivity contribution < 1.29 is 23.7 Å². The van der Waals surface area contributed by atoms with Gasteiger partial charge in [-0.1, -0.05) is 30.3 Å². The molecule has 5 atom stereocenters. The number of anilines is 1. The van der Waals surface area contributed by atoms with Crippen molar-refractivity contribution in [1.82, 2.24) is 19.5 Å². The third-order valence-electron chi connectivity index (χ3n) is 5.67. The first-order chi connectivity index (χ1) is 15.7. The number of methoxy groups -OCH3 is 1. The van der Waals surface area contributed by atoms with Crippen LogP contribution in [0.1, 0.15) is 17.9 Å². The van der Waals surface area contributed by atoms with E-state index in [0.29, 0.717) is 41.3 Å². The fourth-order valence-corrected chi connectivity index (χ4v) is 4.78. The lowest BCUT2D eigenvalue weighted by Crippen LogP contribution is -2.57. The lowest BCUT2D eigenvalue weighted by Gasteiger charge is -2.46. The van der Waals surface area contributed by atoms with Gasteiger partial charge in [-0.15, -0.1) is 0 Å². The molecule has 0 radical (unpaired) electrons. The third kappa shape index (κ3) is 4.20. The molecular weight excluding hydrogens is 529 g/mol. The van der Waals surface area contributed by atoms with E-state index in [2.05, 4.69) is 37.5 Å². The molecule has 0 bridgehead atoms. The van der Waals surface area contributed by atoms with Crippen molar-refractivity contribution >= 4 is 39.7 Å². The number of fused-ring (bicyclic) bond motifs is 2.